The van der Waals surface area contributed by atoms with E-state index in [4.69, 9.17) is 0 Å². The number of ether oxygens (including phenoxy) is 1. The Bertz CT molecular complexity index is 1140. The summed E-state index contributed by atoms with van der Waals surface area (Å²) in [4.78, 5) is 21.0. The van der Waals surface area contributed by atoms with Gasteiger partial charge < -0.3 is 10.1 Å². The molecule has 0 aliphatic heterocycles. The van der Waals surface area contributed by atoms with Gasteiger partial charge in [0.15, 0.2) is 0 Å². The van der Waals surface area contributed by atoms with E-state index in [1.165, 1.54) is 18.2 Å². The molecule has 146 valence electrons. The molecule has 2 aromatic carbocycles. The molecule has 4 aromatic rings. The molecule has 0 unspecified atom stereocenters. The highest BCUT2D eigenvalue weighted by atomic mass is 19.4. The van der Waals surface area contributed by atoms with Crippen molar-refractivity contribution >= 4 is 17.4 Å². The molecule has 0 saturated heterocycles. The molecule has 29 heavy (non-hydrogen) atoms. The van der Waals surface area contributed by atoms with E-state index in [0.29, 0.717) is 17.2 Å². The minimum Gasteiger partial charge on any atom is -0.405 e. The molecule has 2 aromatic heterocycles. The van der Waals surface area contributed by atoms with Crippen LogP contribution < -0.4 is 10.1 Å². The summed E-state index contributed by atoms with van der Waals surface area (Å²) < 4.78 is 43.3. The van der Waals surface area contributed by atoms with Crippen LogP contribution in [0.5, 0.6) is 5.75 Å². The van der Waals surface area contributed by atoms with Gasteiger partial charge in [-0.25, -0.2) is 9.97 Å². The molecule has 6 nitrogen and oxygen atoms in total. The largest absolute Gasteiger partial charge is 0.573 e. The van der Waals surface area contributed by atoms with Crippen LogP contribution in [0.4, 0.5) is 18.9 Å². The molecule has 0 bridgehead atoms. The maximum Gasteiger partial charge on any atom is 0.573 e. The Morgan fingerprint density at radius 2 is 1.79 bits per heavy atom. The van der Waals surface area contributed by atoms with Crippen LogP contribution in [0.2, 0.25) is 0 Å². The van der Waals surface area contributed by atoms with E-state index in [0.717, 1.165) is 11.6 Å². The lowest BCUT2D eigenvalue weighted by Crippen LogP contribution is -2.20. The minimum absolute atomic E-state index is 0.222. The molecule has 9 heteroatoms. The van der Waals surface area contributed by atoms with Crippen LogP contribution in [0.15, 0.2) is 73.2 Å². The van der Waals surface area contributed by atoms with Gasteiger partial charge in [-0.05, 0) is 30.3 Å². The fourth-order valence-corrected chi connectivity index (χ4v) is 2.76. The molecule has 0 radical (unpaired) electrons. The van der Waals surface area contributed by atoms with E-state index in [9.17, 15) is 18.0 Å². The van der Waals surface area contributed by atoms with Crippen molar-refractivity contribution < 1.29 is 22.7 Å². The molecule has 0 aliphatic rings. The van der Waals surface area contributed by atoms with Gasteiger partial charge in [0, 0.05) is 29.8 Å². The molecule has 0 atom stereocenters. The summed E-state index contributed by atoms with van der Waals surface area (Å²) in [6.07, 6.45) is 0.403. The van der Waals surface area contributed by atoms with E-state index in [1.54, 1.807) is 40.9 Å². The number of halogens is 3. The van der Waals surface area contributed by atoms with Gasteiger partial charge in [0.2, 0.25) is 5.78 Å². The van der Waals surface area contributed by atoms with Crippen molar-refractivity contribution in [1.82, 2.24) is 14.4 Å². The number of alkyl halides is 3. The first-order valence-electron chi connectivity index (χ1n) is 8.45. The summed E-state index contributed by atoms with van der Waals surface area (Å²) >= 11 is 0. The third-order valence-electron chi connectivity index (χ3n) is 4.03. The smallest absolute Gasteiger partial charge is 0.405 e. The highest BCUT2D eigenvalue weighted by Gasteiger charge is 2.32. The number of hydrogen-bond acceptors (Lipinski definition) is 4. The number of imidazole rings is 1. The maximum atomic E-state index is 12.5. The van der Waals surface area contributed by atoms with Gasteiger partial charge in [0.25, 0.3) is 5.91 Å². The van der Waals surface area contributed by atoms with Crippen molar-refractivity contribution in [2.45, 2.75) is 6.36 Å². The fraction of sp³-hybridized carbons (Fsp3) is 0.0500. The topological polar surface area (TPSA) is 68.5 Å². The van der Waals surface area contributed by atoms with Gasteiger partial charge in [0.05, 0.1) is 11.3 Å². The van der Waals surface area contributed by atoms with E-state index in [2.05, 4.69) is 20.0 Å². The zero-order chi connectivity index (χ0) is 20.4. The molecule has 4 rings (SSSR count). The van der Waals surface area contributed by atoms with Crippen LogP contribution in [0.1, 0.15) is 10.4 Å². The summed E-state index contributed by atoms with van der Waals surface area (Å²) in [6, 6.07) is 13.7. The molecule has 0 fully saturated rings. The quantitative estimate of drug-likeness (QED) is 0.548. The average Bonchev–Trinajstić information content (AvgIpc) is 3.12. The van der Waals surface area contributed by atoms with Crippen molar-refractivity contribution in [2.75, 3.05) is 5.32 Å². The lowest BCUT2D eigenvalue weighted by molar-refractivity contribution is -0.274. The van der Waals surface area contributed by atoms with Crippen molar-refractivity contribution in [3.05, 3.63) is 78.8 Å². The van der Waals surface area contributed by atoms with E-state index in [-0.39, 0.29) is 5.56 Å². The van der Waals surface area contributed by atoms with Gasteiger partial charge in [-0.15, -0.1) is 13.2 Å². The third kappa shape index (κ3) is 4.18. The Hall–Kier alpha value is -3.88. The maximum absolute atomic E-state index is 12.5. The lowest BCUT2D eigenvalue weighted by Gasteiger charge is -2.13. The molecule has 1 amide bonds. The van der Waals surface area contributed by atoms with Crippen LogP contribution in [-0.4, -0.2) is 26.6 Å². The fourth-order valence-electron chi connectivity index (χ4n) is 2.76. The Kier molecular flexibility index (Phi) is 4.63. The highest BCUT2D eigenvalue weighted by Crippen LogP contribution is 2.27. The number of carbonyl (C=O) groups excluding carboxylic acids is 1. The standard InChI is InChI=1S/C20H13F3N4O2/c21-20(22,23)29-17-5-2-1-4-15(17)18(28)25-14-8-6-13(7-9-14)16-12-27-11-3-10-24-19(27)26-16/h1-12H,(H,25,28). The number of para-hydroxylation sites is 1. The zero-order valence-electron chi connectivity index (χ0n) is 14.7. The molecule has 0 aliphatic carbocycles. The van der Waals surface area contributed by atoms with Gasteiger partial charge in [-0.3, -0.25) is 9.20 Å². The average molecular weight is 398 g/mol. The SMILES string of the molecule is O=C(Nc1ccc(-c2cn3cccnc3n2)cc1)c1ccccc1OC(F)(F)F. The first-order chi connectivity index (χ1) is 13.9. The Morgan fingerprint density at radius 1 is 1.03 bits per heavy atom. The number of nitrogens with one attached hydrogen (secondary N) is 1. The van der Waals surface area contributed by atoms with Crippen molar-refractivity contribution in [1.29, 1.82) is 0 Å². The van der Waals surface area contributed by atoms with E-state index < -0.39 is 18.0 Å². The van der Waals surface area contributed by atoms with Crippen molar-refractivity contribution in [3.63, 3.8) is 0 Å². The molecule has 2 heterocycles. The second-order valence-corrected chi connectivity index (χ2v) is 6.03. The molecule has 1 N–H and O–H groups in total. The third-order valence-corrected chi connectivity index (χ3v) is 4.03. The Balaban J connectivity index is 1.53. The summed E-state index contributed by atoms with van der Waals surface area (Å²) in [5.74, 6) is -0.720. The summed E-state index contributed by atoms with van der Waals surface area (Å²) in [7, 11) is 0. The van der Waals surface area contributed by atoms with Gasteiger partial charge >= 0.3 is 6.36 Å². The monoisotopic (exact) mass is 398 g/mol. The normalized spacial score (nSPS) is 11.4. The number of aromatic nitrogens is 3. The second-order valence-electron chi connectivity index (χ2n) is 6.03. The van der Waals surface area contributed by atoms with Gasteiger partial charge in [-0.1, -0.05) is 24.3 Å². The lowest BCUT2D eigenvalue weighted by atomic mass is 10.1. The van der Waals surface area contributed by atoms with E-state index in [1.807, 2.05) is 12.4 Å². The highest BCUT2D eigenvalue weighted by molar-refractivity contribution is 6.06. The number of benzene rings is 2. The van der Waals surface area contributed by atoms with Gasteiger partial charge in [0.1, 0.15) is 5.75 Å². The molecular weight excluding hydrogens is 385 g/mol. The summed E-state index contributed by atoms with van der Waals surface area (Å²) in [5.41, 5.74) is 1.70. The van der Waals surface area contributed by atoms with Crippen molar-refractivity contribution in [3.8, 4) is 17.0 Å². The van der Waals surface area contributed by atoms with Crippen LogP contribution in [0.3, 0.4) is 0 Å². The minimum atomic E-state index is -4.89. The van der Waals surface area contributed by atoms with Crippen LogP contribution in [0, 0.1) is 0 Å². The predicted molar refractivity (Wildman–Crippen MR) is 99.5 cm³/mol. The number of carbonyl (C=O) groups is 1. The molecule has 0 spiro atoms. The number of rotatable bonds is 4. The first-order valence-corrected chi connectivity index (χ1v) is 8.45. The van der Waals surface area contributed by atoms with Crippen LogP contribution in [-0.2, 0) is 0 Å². The molecule has 0 saturated carbocycles. The summed E-state index contributed by atoms with van der Waals surface area (Å²) in [6.45, 7) is 0. The Morgan fingerprint density at radius 3 is 2.52 bits per heavy atom. The number of fused-ring (bicyclic) bond motifs is 1. The second kappa shape index (κ2) is 7.27. The molecular formula is C20H13F3N4O2. The van der Waals surface area contributed by atoms with Gasteiger partial charge in [-0.2, -0.15) is 0 Å². The number of anilines is 1. The summed E-state index contributed by atoms with van der Waals surface area (Å²) in [5, 5.41) is 2.57. The Labute approximate surface area is 162 Å². The van der Waals surface area contributed by atoms with Crippen LogP contribution >= 0.6 is 0 Å². The number of amides is 1. The van der Waals surface area contributed by atoms with Crippen molar-refractivity contribution in [2.24, 2.45) is 0 Å². The first kappa shape index (κ1) is 18.5. The van der Waals surface area contributed by atoms with E-state index >= 15 is 0 Å². The predicted octanol–water partition coefficient (Wildman–Crippen LogP) is 4.55. The number of nitrogens with zero attached hydrogens (tertiary/aromatic N) is 3. The van der Waals surface area contributed by atoms with Crippen LogP contribution in [0.25, 0.3) is 17.0 Å². The zero-order valence-corrected chi connectivity index (χ0v) is 14.7. The number of hydrogen-bond donors (Lipinski definition) is 1.